The van der Waals surface area contributed by atoms with Crippen LogP contribution in [0, 0.1) is 0 Å². The predicted octanol–water partition coefficient (Wildman–Crippen LogP) is 17.4. The standard InChI is InChI=1S/C68H42N6/c1-3-17-47(18-4-1)71-59-27-13-7-21-49(59)53-39-43(31-35-63(53)71)45-33-37-65-55(41-45)51-23-9-15-29-61(51)73(65)67-68(70-58-26-12-11-25-57(58)69-67)74-62-30-16-10-24-52(62)56-42-46(34-38-66(56)74)44-32-36-64-54(40-44)50-22-8-14-28-60(50)72(64)48-19-5-2-6-20-48/h1-42H. The Balaban J connectivity index is 0.881. The number of benzene rings is 11. The van der Waals surface area contributed by atoms with Crippen molar-refractivity contribution in [3.63, 3.8) is 0 Å². The van der Waals surface area contributed by atoms with E-state index in [-0.39, 0.29) is 0 Å². The molecule has 74 heavy (non-hydrogen) atoms. The van der Waals surface area contributed by atoms with Crippen LogP contribution in [0.25, 0.3) is 144 Å². The number of fused-ring (bicyclic) bond motifs is 13. The first kappa shape index (κ1) is 40.7. The van der Waals surface area contributed by atoms with Crippen molar-refractivity contribution in [2.24, 2.45) is 0 Å². The van der Waals surface area contributed by atoms with Gasteiger partial charge in [0, 0.05) is 54.5 Å². The Morgan fingerprint density at radius 1 is 0.203 bits per heavy atom. The molecule has 0 fully saturated rings. The van der Waals surface area contributed by atoms with Gasteiger partial charge in [0.05, 0.1) is 55.2 Å². The average molecular weight is 943 g/mol. The van der Waals surface area contributed by atoms with Crippen LogP contribution in [-0.2, 0) is 0 Å². The van der Waals surface area contributed by atoms with E-state index in [9.17, 15) is 0 Å². The molecule has 16 rings (SSSR count). The van der Waals surface area contributed by atoms with E-state index in [4.69, 9.17) is 9.97 Å². The fourth-order valence-electron chi connectivity index (χ4n) is 12.1. The molecule has 5 aromatic heterocycles. The Bertz CT molecular complexity index is 4640. The van der Waals surface area contributed by atoms with Gasteiger partial charge in [0.2, 0.25) is 0 Å². The van der Waals surface area contributed by atoms with Gasteiger partial charge < -0.3 is 9.13 Å². The molecule has 0 spiro atoms. The third kappa shape index (κ3) is 5.94. The van der Waals surface area contributed by atoms with E-state index in [0.717, 1.165) is 88.8 Å². The van der Waals surface area contributed by atoms with Gasteiger partial charge in [0.1, 0.15) is 0 Å². The zero-order valence-corrected chi connectivity index (χ0v) is 39.9. The summed E-state index contributed by atoms with van der Waals surface area (Å²) >= 11 is 0. The fraction of sp³-hybridized carbons (Fsp3) is 0. The first-order valence-electron chi connectivity index (χ1n) is 25.2. The average Bonchev–Trinajstić information content (AvgIpc) is 4.19. The highest BCUT2D eigenvalue weighted by Crippen LogP contribution is 2.42. The number of nitrogens with zero attached hydrogens (tertiary/aromatic N) is 6. The Hall–Kier alpha value is -10.0. The van der Waals surface area contributed by atoms with E-state index >= 15 is 0 Å². The van der Waals surface area contributed by atoms with Crippen LogP contribution in [0.3, 0.4) is 0 Å². The zero-order valence-electron chi connectivity index (χ0n) is 39.9. The molecule has 0 aliphatic heterocycles. The minimum Gasteiger partial charge on any atom is -0.309 e. The van der Waals surface area contributed by atoms with E-state index in [1.807, 2.05) is 12.1 Å². The van der Waals surface area contributed by atoms with Gasteiger partial charge in [-0.2, -0.15) is 0 Å². The highest BCUT2D eigenvalue weighted by atomic mass is 15.2. The second kappa shape index (κ2) is 15.7. The maximum atomic E-state index is 5.58. The van der Waals surface area contributed by atoms with Crippen LogP contribution < -0.4 is 0 Å². The molecular formula is C68H42N6. The van der Waals surface area contributed by atoms with Crippen molar-refractivity contribution >= 4 is 98.3 Å². The van der Waals surface area contributed by atoms with Crippen LogP contribution in [-0.4, -0.2) is 28.2 Å². The summed E-state index contributed by atoms with van der Waals surface area (Å²) in [5.74, 6) is 1.54. The first-order chi connectivity index (χ1) is 36.7. The zero-order chi connectivity index (χ0) is 48.4. The summed E-state index contributed by atoms with van der Waals surface area (Å²) in [7, 11) is 0. The second-order valence-electron chi connectivity index (χ2n) is 19.4. The van der Waals surface area contributed by atoms with E-state index in [2.05, 4.69) is 261 Å². The molecule has 0 unspecified atom stereocenters. The van der Waals surface area contributed by atoms with Gasteiger partial charge in [-0.25, -0.2) is 9.97 Å². The number of rotatable bonds is 6. The third-order valence-corrected chi connectivity index (χ3v) is 15.3. The number of aromatic nitrogens is 6. The van der Waals surface area contributed by atoms with Gasteiger partial charge in [-0.15, -0.1) is 0 Å². The molecule has 0 N–H and O–H groups in total. The molecule has 0 radical (unpaired) electrons. The summed E-state index contributed by atoms with van der Waals surface area (Å²) in [6.45, 7) is 0. The molecule has 0 atom stereocenters. The Morgan fingerprint density at radius 2 is 0.459 bits per heavy atom. The highest BCUT2D eigenvalue weighted by Gasteiger charge is 2.24. The minimum atomic E-state index is 0.768. The van der Waals surface area contributed by atoms with E-state index in [0.29, 0.717) is 0 Å². The lowest BCUT2D eigenvalue weighted by Crippen LogP contribution is -2.09. The SMILES string of the molecule is c1ccc(-n2c3ccccc3c3cc(-c4ccc5c(c4)c4ccccc4n5-c4nc5ccccc5nc4-n4c5ccccc5c5cc(-c6ccc7c(c6)c6ccccc6n7-c6ccccc6)ccc54)ccc32)cc1. The van der Waals surface area contributed by atoms with Crippen molar-refractivity contribution in [3.8, 4) is 45.3 Å². The van der Waals surface area contributed by atoms with Crippen LogP contribution in [0.4, 0.5) is 0 Å². The van der Waals surface area contributed by atoms with Crippen molar-refractivity contribution in [2.45, 2.75) is 0 Å². The number of para-hydroxylation sites is 8. The normalized spacial score (nSPS) is 12.1. The van der Waals surface area contributed by atoms with Crippen LogP contribution in [0.1, 0.15) is 0 Å². The second-order valence-corrected chi connectivity index (χ2v) is 19.4. The fourth-order valence-corrected chi connectivity index (χ4v) is 12.1. The van der Waals surface area contributed by atoms with Gasteiger partial charge in [-0.05, 0) is 131 Å². The van der Waals surface area contributed by atoms with Gasteiger partial charge in [-0.3, -0.25) is 9.13 Å². The molecule has 11 aromatic carbocycles. The van der Waals surface area contributed by atoms with Crippen LogP contribution in [0.5, 0.6) is 0 Å². The van der Waals surface area contributed by atoms with Gasteiger partial charge >= 0.3 is 0 Å². The topological polar surface area (TPSA) is 45.5 Å². The van der Waals surface area contributed by atoms with Crippen LogP contribution in [0.2, 0.25) is 0 Å². The van der Waals surface area contributed by atoms with Crippen LogP contribution in [0.15, 0.2) is 255 Å². The third-order valence-electron chi connectivity index (χ3n) is 15.3. The first-order valence-corrected chi connectivity index (χ1v) is 25.2. The van der Waals surface area contributed by atoms with Gasteiger partial charge in [0.15, 0.2) is 11.6 Å². The van der Waals surface area contributed by atoms with Crippen molar-refractivity contribution in [1.29, 1.82) is 0 Å². The monoisotopic (exact) mass is 942 g/mol. The number of hydrogen-bond donors (Lipinski definition) is 0. The lowest BCUT2D eigenvalue weighted by atomic mass is 10.0. The van der Waals surface area contributed by atoms with Gasteiger partial charge in [0.25, 0.3) is 0 Å². The molecule has 6 heteroatoms. The molecule has 0 saturated heterocycles. The van der Waals surface area contributed by atoms with Gasteiger partial charge in [-0.1, -0.05) is 146 Å². The maximum absolute atomic E-state index is 5.58. The van der Waals surface area contributed by atoms with E-state index in [1.54, 1.807) is 0 Å². The molecular weight excluding hydrogens is 901 g/mol. The lowest BCUT2D eigenvalue weighted by Gasteiger charge is -2.16. The van der Waals surface area contributed by atoms with E-state index in [1.165, 1.54) is 54.7 Å². The quantitative estimate of drug-likeness (QED) is 0.167. The molecule has 344 valence electrons. The molecule has 0 aliphatic rings. The molecule has 6 nitrogen and oxygen atoms in total. The Kier molecular flexibility index (Phi) is 8.64. The molecule has 0 saturated carbocycles. The largest absolute Gasteiger partial charge is 0.309 e. The summed E-state index contributed by atoms with van der Waals surface area (Å²) in [4.78, 5) is 11.2. The summed E-state index contributed by atoms with van der Waals surface area (Å²) in [5.41, 5.74) is 17.7. The summed E-state index contributed by atoms with van der Waals surface area (Å²) in [5, 5.41) is 9.55. The minimum absolute atomic E-state index is 0.768. The maximum Gasteiger partial charge on any atom is 0.182 e. The molecule has 16 aromatic rings. The molecule has 0 amide bonds. The molecule has 0 bridgehead atoms. The Labute approximate surface area is 424 Å². The highest BCUT2D eigenvalue weighted by molar-refractivity contribution is 6.15. The van der Waals surface area contributed by atoms with Crippen LogP contribution >= 0.6 is 0 Å². The predicted molar refractivity (Wildman–Crippen MR) is 308 cm³/mol. The summed E-state index contributed by atoms with van der Waals surface area (Å²) < 4.78 is 9.40. The molecule has 0 aliphatic carbocycles. The summed E-state index contributed by atoms with van der Waals surface area (Å²) in [6, 6.07) is 92.0. The van der Waals surface area contributed by atoms with Crippen molar-refractivity contribution in [2.75, 3.05) is 0 Å². The van der Waals surface area contributed by atoms with Crippen molar-refractivity contribution < 1.29 is 0 Å². The van der Waals surface area contributed by atoms with Crippen molar-refractivity contribution in [3.05, 3.63) is 255 Å². The lowest BCUT2D eigenvalue weighted by molar-refractivity contribution is 0.996. The molecule has 5 heterocycles. The van der Waals surface area contributed by atoms with Crippen molar-refractivity contribution in [1.82, 2.24) is 28.2 Å². The smallest absolute Gasteiger partial charge is 0.182 e. The van der Waals surface area contributed by atoms with E-state index < -0.39 is 0 Å². The summed E-state index contributed by atoms with van der Waals surface area (Å²) in [6.07, 6.45) is 0. The number of hydrogen-bond acceptors (Lipinski definition) is 2. The Morgan fingerprint density at radius 3 is 0.797 bits per heavy atom.